The zero-order valence-electron chi connectivity index (χ0n) is 20.9. The molecule has 6 rings (SSSR count). The van der Waals surface area contributed by atoms with Crippen LogP contribution in [-0.4, -0.2) is 59.7 Å². The van der Waals surface area contributed by atoms with Crippen molar-refractivity contribution in [2.24, 2.45) is 0 Å². The Morgan fingerprint density at radius 2 is 1.89 bits per heavy atom. The van der Waals surface area contributed by atoms with Crippen LogP contribution in [0.15, 0.2) is 47.8 Å². The minimum absolute atomic E-state index is 0.147. The van der Waals surface area contributed by atoms with Crippen LogP contribution in [0, 0.1) is 13.8 Å². The molecule has 1 aliphatic heterocycles. The minimum Gasteiger partial charge on any atom is -0.508 e. The maximum atomic E-state index is 13.2. The Labute approximate surface area is 222 Å². The van der Waals surface area contributed by atoms with Crippen molar-refractivity contribution in [2.45, 2.75) is 32.6 Å². The van der Waals surface area contributed by atoms with Gasteiger partial charge in [-0.1, -0.05) is 12.1 Å². The smallest absolute Gasteiger partial charge is 0.276 e. The standard InChI is InChI=1S/C27H25N7O3S/c1-15-12-23-30-31-24(16(2)34(23)32-15)27(37)33-10-8-17(9-11-33)26-29-22(14-38-26)25(36)28-21-5-3-4-18-13-19(35)6-7-20(18)21/h3-7,12-14,17,35H,8-11H2,1-2H3,(H,28,36). The van der Waals surface area contributed by atoms with Crippen molar-refractivity contribution in [3.63, 3.8) is 0 Å². The van der Waals surface area contributed by atoms with Gasteiger partial charge >= 0.3 is 0 Å². The predicted octanol–water partition coefficient (Wildman–Crippen LogP) is 4.33. The number of phenolic OH excluding ortho intramolecular Hbond substituents is 1. The molecule has 38 heavy (non-hydrogen) atoms. The van der Waals surface area contributed by atoms with Crippen molar-refractivity contribution in [3.8, 4) is 5.75 Å². The number of nitrogens with zero attached hydrogens (tertiary/aromatic N) is 6. The van der Waals surface area contributed by atoms with Crippen molar-refractivity contribution in [2.75, 3.05) is 18.4 Å². The Morgan fingerprint density at radius 1 is 1.08 bits per heavy atom. The van der Waals surface area contributed by atoms with Crippen molar-refractivity contribution >= 4 is 45.3 Å². The molecule has 0 spiro atoms. The quantitative estimate of drug-likeness (QED) is 0.356. The number of rotatable bonds is 4. The van der Waals surface area contributed by atoms with E-state index in [4.69, 9.17) is 0 Å². The number of fused-ring (bicyclic) bond motifs is 2. The Kier molecular flexibility index (Phi) is 5.99. The monoisotopic (exact) mass is 527 g/mol. The van der Waals surface area contributed by atoms with E-state index in [-0.39, 0.29) is 23.5 Å². The maximum Gasteiger partial charge on any atom is 0.276 e. The third-order valence-electron chi connectivity index (χ3n) is 6.93. The van der Waals surface area contributed by atoms with Gasteiger partial charge in [-0.3, -0.25) is 9.59 Å². The lowest BCUT2D eigenvalue weighted by Gasteiger charge is -2.31. The summed E-state index contributed by atoms with van der Waals surface area (Å²) >= 11 is 1.47. The number of aromatic hydroxyl groups is 1. The van der Waals surface area contributed by atoms with E-state index in [1.54, 1.807) is 33.0 Å². The highest BCUT2D eigenvalue weighted by Crippen LogP contribution is 2.32. The van der Waals surface area contributed by atoms with Crippen LogP contribution in [0.25, 0.3) is 16.4 Å². The van der Waals surface area contributed by atoms with Gasteiger partial charge in [0.1, 0.15) is 11.4 Å². The number of phenols is 1. The van der Waals surface area contributed by atoms with E-state index < -0.39 is 0 Å². The highest BCUT2D eigenvalue weighted by molar-refractivity contribution is 7.10. The Hall–Kier alpha value is -4.38. The van der Waals surface area contributed by atoms with Gasteiger partial charge in [0, 0.05) is 41.5 Å². The molecular formula is C27H25N7O3S. The number of benzene rings is 2. The number of carbonyl (C=O) groups excluding carboxylic acids is 2. The summed E-state index contributed by atoms with van der Waals surface area (Å²) < 4.78 is 1.66. The van der Waals surface area contributed by atoms with Gasteiger partial charge in [-0.25, -0.2) is 9.50 Å². The summed E-state index contributed by atoms with van der Waals surface area (Å²) in [6.07, 6.45) is 1.51. The predicted molar refractivity (Wildman–Crippen MR) is 144 cm³/mol. The number of thiazole rings is 1. The summed E-state index contributed by atoms with van der Waals surface area (Å²) in [7, 11) is 0. The fraction of sp³-hybridized carbons (Fsp3) is 0.259. The first kappa shape index (κ1) is 24.0. The third-order valence-corrected chi connectivity index (χ3v) is 7.93. The molecule has 10 nitrogen and oxygen atoms in total. The molecule has 5 aromatic rings. The van der Waals surface area contributed by atoms with Gasteiger partial charge in [0.05, 0.1) is 16.4 Å². The zero-order chi connectivity index (χ0) is 26.4. The molecule has 0 saturated carbocycles. The van der Waals surface area contributed by atoms with E-state index in [1.807, 2.05) is 38.1 Å². The van der Waals surface area contributed by atoms with Crippen LogP contribution >= 0.6 is 11.3 Å². The highest BCUT2D eigenvalue weighted by atomic mass is 32.1. The first-order chi connectivity index (χ1) is 18.4. The molecule has 0 radical (unpaired) electrons. The van der Waals surface area contributed by atoms with Gasteiger partial charge in [-0.2, -0.15) is 5.10 Å². The fourth-order valence-corrected chi connectivity index (χ4v) is 5.87. The first-order valence-electron chi connectivity index (χ1n) is 12.3. The first-order valence-corrected chi connectivity index (χ1v) is 13.2. The van der Waals surface area contributed by atoms with E-state index in [0.29, 0.717) is 41.5 Å². The minimum atomic E-state index is -0.279. The number of aromatic nitrogens is 5. The van der Waals surface area contributed by atoms with E-state index in [0.717, 1.165) is 34.3 Å². The number of nitrogens with one attached hydrogen (secondary N) is 1. The van der Waals surface area contributed by atoms with Crippen LogP contribution < -0.4 is 5.32 Å². The number of hydrogen-bond donors (Lipinski definition) is 2. The molecule has 0 bridgehead atoms. The largest absolute Gasteiger partial charge is 0.508 e. The van der Waals surface area contributed by atoms with E-state index in [9.17, 15) is 14.7 Å². The van der Waals surface area contributed by atoms with Gasteiger partial charge in [-0.15, -0.1) is 21.5 Å². The van der Waals surface area contributed by atoms with E-state index in [2.05, 4.69) is 25.6 Å². The number of hydrogen-bond acceptors (Lipinski definition) is 8. The number of amides is 2. The molecule has 0 aliphatic carbocycles. The molecule has 1 saturated heterocycles. The van der Waals surface area contributed by atoms with Crippen molar-refractivity contribution in [3.05, 3.63) is 75.6 Å². The Balaban J connectivity index is 1.12. The van der Waals surface area contributed by atoms with Gasteiger partial charge in [0.2, 0.25) is 0 Å². The Morgan fingerprint density at radius 3 is 2.71 bits per heavy atom. The summed E-state index contributed by atoms with van der Waals surface area (Å²) in [6.45, 7) is 4.86. The van der Waals surface area contributed by atoms with Gasteiger partial charge in [0.15, 0.2) is 11.3 Å². The van der Waals surface area contributed by atoms with E-state index in [1.165, 1.54) is 11.3 Å². The second-order valence-corrected chi connectivity index (χ2v) is 10.4. The average Bonchev–Trinajstić information content (AvgIpc) is 3.56. The summed E-state index contributed by atoms with van der Waals surface area (Å²) in [4.78, 5) is 32.6. The molecule has 3 aromatic heterocycles. The molecule has 11 heteroatoms. The maximum absolute atomic E-state index is 13.2. The molecule has 0 atom stereocenters. The number of likely N-dealkylation sites (tertiary alicyclic amines) is 1. The topological polar surface area (TPSA) is 126 Å². The average molecular weight is 528 g/mol. The third kappa shape index (κ3) is 4.34. The van der Waals surface area contributed by atoms with Crippen LogP contribution in [0.2, 0.25) is 0 Å². The zero-order valence-corrected chi connectivity index (χ0v) is 21.7. The Bertz CT molecular complexity index is 1700. The van der Waals surface area contributed by atoms with Crippen molar-refractivity contribution < 1.29 is 14.7 Å². The number of anilines is 1. The fourth-order valence-electron chi connectivity index (χ4n) is 4.90. The van der Waals surface area contributed by atoms with Gasteiger partial charge in [0.25, 0.3) is 11.8 Å². The highest BCUT2D eigenvalue weighted by Gasteiger charge is 2.29. The summed E-state index contributed by atoms with van der Waals surface area (Å²) in [5.41, 5.74) is 3.47. The SMILES string of the molecule is Cc1cc2nnc(C(=O)N3CCC(c4nc(C(=O)Nc5cccc6cc(O)ccc56)cs4)CC3)c(C)n2n1. The molecule has 0 unspecified atom stereocenters. The van der Waals surface area contributed by atoms with Crippen LogP contribution in [0.5, 0.6) is 5.75 Å². The lowest BCUT2D eigenvalue weighted by Crippen LogP contribution is -2.39. The molecular weight excluding hydrogens is 502 g/mol. The lowest BCUT2D eigenvalue weighted by molar-refractivity contribution is 0.0704. The second-order valence-electron chi connectivity index (χ2n) is 9.49. The van der Waals surface area contributed by atoms with Crippen LogP contribution in [0.1, 0.15) is 56.1 Å². The second kappa shape index (κ2) is 9.49. The number of piperidine rings is 1. The van der Waals surface area contributed by atoms with Crippen LogP contribution in [0.3, 0.4) is 0 Å². The van der Waals surface area contributed by atoms with Crippen LogP contribution in [-0.2, 0) is 0 Å². The number of carbonyl (C=O) groups is 2. The summed E-state index contributed by atoms with van der Waals surface area (Å²) in [6, 6.07) is 12.4. The molecule has 192 valence electrons. The van der Waals surface area contributed by atoms with Gasteiger partial charge in [-0.05, 0) is 56.3 Å². The molecule has 1 aliphatic rings. The van der Waals surface area contributed by atoms with Crippen LogP contribution in [0.4, 0.5) is 5.69 Å². The van der Waals surface area contributed by atoms with E-state index >= 15 is 0 Å². The van der Waals surface area contributed by atoms with Gasteiger partial charge < -0.3 is 15.3 Å². The van der Waals surface area contributed by atoms with Crippen molar-refractivity contribution in [1.29, 1.82) is 0 Å². The molecule has 4 heterocycles. The normalized spacial score (nSPS) is 14.3. The summed E-state index contributed by atoms with van der Waals surface area (Å²) in [5, 5.41) is 29.8. The molecule has 1 fully saturated rings. The summed E-state index contributed by atoms with van der Waals surface area (Å²) in [5.74, 6) is -0.0744. The molecule has 2 amide bonds. The number of aryl methyl sites for hydroxylation is 2. The molecule has 2 aromatic carbocycles. The lowest BCUT2D eigenvalue weighted by atomic mass is 9.97. The van der Waals surface area contributed by atoms with Crippen molar-refractivity contribution in [1.82, 2.24) is 29.7 Å². The molecule has 2 N–H and O–H groups in total.